The molecule has 0 aliphatic carbocycles. The first-order chi connectivity index (χ1) is 8.88. The number of benzene rings is 1. The molecule has 108 valence electrons. The summed E-state index contributed by atoms with van der Waals surface area (Å²) in [5.41, 5.74) is 8.27. The van der Waals surface area contributed by atoms with Gasteiger partial charge in [0.25, 0.3) is 0 Å². The number of nitrogens with zero attached hydrogens (tertiary/aromatic N) is 1. The highest BCUT2D eigenvalue weighted by atomic mass is 32.2. The predicted molar refractivity (Wildman–Crippen MR) is 78.5 cm³/mol. The van der Waals surface area contributed by atoms with Crippen LogP contribution in [0, 0.1) is 13.8 Å². The minimum atomic E-state index is -3.42. The van der Waals surface area contributed by atoms with Crippen LogP contribution in [0.2, 0.25) is 0 Å². The summed E-state index contributed by atoms with van der Waals surface area (Å²) >= 11 is 0. The zero-order chi connectivity index (χ0) is 14.6. The van der Waals surface area contributed by atoms with E-state index >= 15 is 0 Å². The Morgan fingerprint density at radius 1 is 1.21 bits per heavy atom. The van der Waals surface area contributed by atoms with Crippen molar-refractivity contribution in [3.63, 3.8) is 0 Å². The van der Waals surface area contributed by atoms with Crippen molar-refractivity contribution in [3.05, 3.63) is 28.8 Å². The van der Waals surface area contributed by atoms with Gasteiger partial charge in [-0.1, -0.05) is 19.9 Å². The highest BCUT2D eigenvalue weighted by Crippen LogP contribution is 2.24. The molecule has 2 N–H and O–H groups in total. The Kier molecular flexibility index (Phi) is 5.52. The summed E-state index contributed by atoms with van der Waals surface area (Å²) in [6.45, 7) is 9.00. The summed E-state index contributed by atoms with van der Waals surface area (Å²) in [7, 11) is -3.42. The molecule has 0 atom stereocenters. The average molecular weight is 284 g/mol. The van der Waals surface area contributed by atoms with Crippen LogP contribution in [-0.4, -0.2) is 25.8 Å². The number of hydrogen-bond donors (Lipinski definition) is 1. The third kappa shape index (κ3) is 3.35. The van der Waals surface area contributed by atoms with Gasteiger partial charge >= 0.3 is 0 Å². The van der Waals surface area contributed by atoms with Crippen molar-refractivity contribution in [1.29, 1.82) is 0 Å². The SMILES string of the molecule is CCCN(CC)S(=O)(=O)c1cc(CN)cc(C)c1C. The van der Waals surface area contributed by atoms with Crippen molar-refractivity contribution in [2.45, 2.75) is 45.6 Å². The van der Waals surface area contributed by atoms with E-state index in [1.807, 2.05) is 33.8 Å². The summed E-state index contributed by atoms with van der Waals surface area (Å²) in [6, 6.07) is 3.65. The normalized spacial score (nSPS) is 12.1. The summed E-state index contributed by atoms with van der Waals surface area (Å²) < 4.78 is 26.9. The maximum Gasteiger partial charge on any atom is 0.243 e. The van der Waals surface area contributed by atoms with Crippen LogP contribution >= 0.6 is 0 Å². The Balaban J connectivity index is 3.38. The van der Waals surface area contributed by atoms with Crippen molar-refractivity contribution in [3.8, 4) is 0 Å². The molecule has 1 aromatic rings. The zero-order valence-corrected chi connectivity index (χ0v) is 13.0. The van der Waals surface area contributed by atoms with Gasteiger partial charge in [-0.2, -0.15) is 4.31 Å². The maximum atomic E-state index is 12.7. The highest BCUT2D eigenvalue weighted by molar-refractivity contribution is 7.89. The average Bonchev–Trinajstić information content (AvgIpc) is 2.38. The van der Waals surface area contributed by atoms with Crippen LogP contribution in [0.3, 0.4) is 0 Å². The Bertz CT molecular complexity index is 539. The molecule has 0 fully saturated rings. The van der Waals surface area contributed by atoms with Gasteiger partial charge in [0.15, 0.2) is 0 Å². The fourth-order valence-electron chi connectivity index (χ4n) is 2.12. The van der Waals surface area contributed by atoms with Gasteiger partial charge in [0, 0.05) is 19.6 Å². The van der Waals surface area contributed by atoms with Gasteiger partial charge < -0.3 is 5.73 Å². The lowest BCUT2D eigenvalue weighted by Gasteiger charge is -2.22. The standard InChI is InChI=1S/C14H24N2O2S/c1-5-7-16(6-2)19(17,18)14-9-13(10-15)8-11(3)12(14)4/h8-9H,5-7,10,15H2,1-4H3. The minimum absolute atomic E-state index is 0.351. The molecule has 0 saturated carbocycles. The minimum Gasteiger partial charge on any atom is -0.326 e. The molecule has 5 heteroatoms. The van der Waals surface area contributed by atoms with Gasteiger partial charge in [0.05, 0.1) is 4.90 Å². The van der Waals surface area contributed by atoms with E-state index in [0.717, 1.165) is 23.1 Å². The molecular formula is C14H24N2O2S. The molecular weight excluding hydrogens is 260 g/mol. The molecule has 0 saturated heterocycles. The van der Waals surface area contributed by atoms with Gasteiger partial charge in [-0.15, -0.1) is 0 Å². The van der Waals surface area contributed by atoms with Crippen LogP contribution in [-0.2, 0) is 16.6 Å². The van der Waals surface area contributed by atoms with E-state index in [2.05, 4.69) is 0 Å². The Morgan fingerprint density at radius 2 is 1.84 bits per heavy atom. The molecule has 1 rings (SSSR count). The first kappa shape index (κ1) is 16.1. The van der Waals surface area contributed by atoms with Crippen molar-refractivity contribution in [2.24, 2.45) is 5.73 Å². The van der Waals surface area contributed by atoms with Crippen LogP contribution in [0.4, 0.5) is 0 Å². The molecule has 0 spiro atoms. The monoisotopic (exact) mass is 284 g/mol. The molecule has 19 heavy (non-hydrogen) atoms. The maximum absolute atomic E-state index is 12.7. The molecule has 0 bridgehead atoms. The smallest absolute Gasteiger partial charge is 0.243 e. The van der Waals surface area contributed by atoms with Crippen molar-refractivity contribution < 1.29 is 8.42 Å². The van der Waals surface area contributed by atoms with Crippen LogP contribution < -0.4 is 5.73 Å². The van der Waals surface area contributed by atoms with E-state index in [4.69, 9.17) is 5.73 Å². The summed E-state index contributed by atoms with van der Waals surface area (Å²) in [5.74, 6) is 0. The summed E-state index contributed by atoms with van der Waals surface area (Å²) in [4.78, 5) is 0.392. The molecule has 1 aromatic carbocycles. The van der Waals surface area contributed by atoms with E-state index in [1.165, 1.54) is 4.31 Å². The lowest BCUT2D eigenvalue weighted by Crippen LogP contribution is -2.32. The van der Waals surface area contributed by atoms with Crippen LogP contribution in [0.1, 0.15) is 37.0 Å². The first-order valence-corrected chi connectivity index (χ1v) is 8.12. The molecule has 0 amide bonds. The van der Waals surface area contributed by atoms with Gasteiger partial charge in [-0.3, -0.25) is 0 Å². The molecule has 0 aliphatic rings. The Morgan fingerprint density at radius 3 is 2.32 bits per heavy atom. The highest BCUT2D eigenvalue weighted by Gasteiger charge is 2.25. The fraction of sp³-hybridized carbons (Fsp3) is 0.571. The van der Waals surface area contributed by atoms with Gasteiger partial charge in [-0.05, 0) is 43.0 Å². The second-order valence-corrected chi connectivity index (χ2v) is 6.64. The van der Waals surface area contributed by atoms with Crippen molar-refractivity contribution >= 4 is 10.0 Å². The second kappa shape index (κ2) is 6.50. The van der Waals surface area contributed by atoms with Crippen LogP contribution in [0.25, 0.3) is 0 Å². The van der Waals surface area contributed by atoms with E-state index in [1.54, 1.807) is 6.07 Å². The van der Waals surface area contributed by atoms with Crippen molar-refractivity contribution in [1.82, 2.24) is 4.31 Å². The van der Waals surface area contributed by atoms with Crippen LogP contribution in [0.5, 0.6) is 0 Å². The van der Waals surface area contributed by atoms with Gasteiger partial charge in [-0.25, -0.2) is 8.42 Å². The van der Waals surface area contributed by atoms with E-state index in [0.29, 0.717) is 24.5 Å². The second-order valence-electron chi connectivity index (χ2n) is 4.74. The molecule has 0 unspecified atom stereocenters. The predicted octanol–water partition coefficient (Wildman–Crippen LogP) is 2.18. The fourth-order valence-corrected chi connectivity index (χ4v) is 4.01. The van der Waals surface area contributed by atoms with E-state index in [9.17, 15) is 8.42 Å². The Hall–Kier alpha value is -0.910. The summed E-state index contributed by atoms with van der Waals surface area (Å²) in [6.07, 6.45) is 0.807. The summed E-state index contributed by atoms with van der Waals surface area (Å²) in [5, 5.41) is 0. The number of aryl methyl sites for hydroxylation is 1. The number of sulfonamides is 1. The lowest BCUT2D eigenvalue weighted by atomic mass is 10.1. The van der Waals surface area contributed by atoms with E-state index < -0.39 is 10.0 Å². The zero-order valence-electron chi connectivity index (χ0n) is 12.2. The van der Waals surface area contributed by atoms with Crippen LogP contribution in [0.15, 0.2) is 17.0 Å². The third-order valence-electron chi connectivity index (χ3n) is 3.36. The molecule has 0 aliphatic heterocycles. The van der Waals surface area contributed by atoms with Crippen molar-refractivity contribution in [2.75, 3.05) is 13.1 Å². The largest absolute Gasteiger partial charge is 0.326 e. The van der Waals surface area contributed by atoms with E-state index in [-0.39, 0.29) is 0 Å². The number of hydrogen-bond acceptors (Lipinski definition) is 3. The quantitative estimate of drug-likeness (QED) is 0.871. The molecule has 0 aromatic heterocycles. The molecule has 4 nitrogen and oxygen atoms in total. The topological polar surface area (TPSA) is 63.4 Å². The third-order valence-corrected chi connectivity index (χ3v) is 5.46. The van der Waals surface area contributed by atoms with Gasteiger partial charge in [0.1, 0.15) is 0 Å². The number of nitrogens with two attached hydrogens (primary N) is 1. The molecule has 0 radical (unpaired) electrons. The number of rotatable bonds is 6. The first-order valence-electron chi connectivity index (χ1n) is 6.68. The lowest BCUT2D eigenvalue weighted by molar-refractivity contribution is 0.426. The Labute approximate surface area is 116 Å². The van der Waals surface area contributed by atoms with Gasteiger partial charge in [0.2, 0.25) is 10.0 Å². The molecule has 0 heterocycles.